The average molecular weight is 741 g/mol. The molecule has 1 aliphatic carbocycles. The minimum Gasteiger partial charge on any atom is -0.464 e. The maximum absolute atomic E-state index is 13.0. The third kappa shape index (κ3) is 11.1. The fraction of sp³-hybridized carbons (Fsp3) is 0.455. The van der Waals surface area contributed by atoms with Crippen LogP contribution in [-0.2, 0) is 38.1 Å². The highest BCUT2D eigenvalue weighted by Crippen LogP contribution is 2.38. The fourth-order valence-electron chi connectivity index (χ4n) is 6.97. The van der Waals surface area contributed by atoms with Gasteiger partial charge in [0.2, 0.25) is 0 Å². The molecule has 3 aromatic carbocycles. The van der Waals surface area contributed by atoms with Gasteiger partial charge < -0.3 is 28.4 Å². The third-order valence-electron chi connectivity index (χ3n) is 9.99. The second-order valence-corrected chi connectivity index (χ2v) is 13.9. The van der Waals surface area contributed by atoms with E-state index in [1.807, 2.05) is 12.1 Å². The van der Waals surface area contributed by atoms with Gasteiger partial charge in [-0.25, -0.2) is 19.2 Å². The number of benzene rings is 3. The molecule has 1 saturated heterocycles. The molecule has 1 heterocycles. The maximum atomic E-state index is 13.0. The van der Waals surface area contributed by atoms with Crippen molar-refractivity contribution in [1.29, 1.82) is 0 Å². The van der Waals surface area contributed by atoms with Crippen molar-refractivity contribution in [1.82, 2.24) is 0 Å². The van der Waals surface area contributed by atoms with Crippen molar-refractivity contribution < 1.29 is 47.6 Å². The maximum Gasteiger partial charge on any atom is 0.343 e. The summed E-state index contributed by atoms with van der Waals surface area (Å²) in [6, 6.07) is 22.6. The summed E-state index contributed by atoms with van der Waals surface area (Å²) in [6.45, 7) is 9.33. The summed E-state index contributed by atoms with van der Waals surface area (Å²) in [5.74, 6) is -0.516. The quantitative estimate of drug-likeness (QED) is 0.0436. The van der Waals surface area contributed by atoms with E-state index in [9.17, 15) is 19.2 Å². The molecule has 10 heteroatoms. The van der Waals surface area contributed by atoms with Crippen molar-refractivity contribution in [3.63, 3.8) is 0 Å². The van der Waals surface area contributed by atoms with E-state index < -0.39 is 36.4 Å². The lowest BCUT2D eigenvalue weighted by atomic mass is 9.77. The van der Waals surface area contributed by atoms with Crippen LogP contribution in [0, 0.1) is 5.92 Å². The average Bonchev–Trinajstić information content (AvgIpc) is 3.64. The first-order valence-electron chi connectivity index (χ1n) is 19.2. The number of hydrogen-bond donors (Lipinski definition) is 0. The topological polar surface area (TPSA) is 124 Å². The van der Waals surface area contributed by atoms with Gasteiger partial charge in [-0.1, -0.05) is 80.8 Å². The summed E-state index contributed by atoms with van der Waals surface area (Å²) < 4.78 is 32.3. The summed E-state index contributed by atoms with van der Waals surface area (Å²) in [7, 11) is 0. The predicted octanol–water partition coefficient (Wildman–Crippen LogP) is 8.83. The Bertz CT molecular complexity index is 1680. The Kier molecular flexibility index (Phi) is 15.0. The lowest BCUT2D eigenvalue weighted by Crippen LogP contribution is -2.39. The standard InChI is InChI=1S/C44H52O10/c1-5-49-42(47)38-39(43(48)50-6-2)54-44(53-38)36-24-26-37(27-25-36)52-41(46)35-22-20-34(21-23-35)33-18-16-32(17-19-33)31-14-12-30(13-15-31)11-9-7-8-10-28-51-40(45)29(3)4/h16-27,30-31,38-39,44H,3,5-15,28H2,1-2,4H3/t30-,31-,38-,39-/m1/s1. The number of esters is 4. The number of hydrogen-bond acceptors (Lipinski definition) is 10. The molecular formula is C44H52O10. The van der Waals surface area contributed by atoms with Crippen molar-refractivity contribution in [2.45, 2.75) is 103 Å². The molecule has 0 N–H and O–H groups in total. The van der Waals surface area contributed by atoms with Crippen LogP contribution < -0.4 is 4.74 Å². The van der Waals surface area contributed by atoms with Crippen LogP contribution >= 0.6 is 0 Å². The second kappa shape index (κ2) is 20.0. The molecule has 0 aromatic heterocycles. The van der Waals surface area contributed by atoms with Crippen LogP contribution in [0.5, 0.6) is 5.75 Å². The molecule has 54 heavy (non-hydrogen) atoms. The van der Waals surface area contributed by atoms with E-state index in [2.05, 4.69) is 30.8 Å². The summed E-state index contributed by atoms with van der Waals surface area (Å²) >= 11 is 0. The highest BCUT2D eigenvalue weighted by atomic mass is 16.8. The zero-order valence-electron chi connectivity index (χ0n) is 31.6. The molecule has 2 atom stereocenters. The Morgan fingerprint density at radius 2 is 1.20 bits per heavy atom. The van der Waals surface area contributed by atoms with Crippen LogP contribution in [0.1, 0.15) is 112 Å². The summed E-state index contributed by atoms with van der Waals surface area (Å²) in [6.07, 6.45) is 7.12. The predicted molar refractivity (Wildman–Crippen MR) is 203 cm³/mol. The first kappa shape index (κ1) is 40.4. The smallest absolute Gasteiger partial charge is 0.343 e. The van der Waals surface area contributed by atoms with Gasteiger partial charge in [0.1, 0.15) is 5.75 Å². The Balaban J connectivity index is 1.05. The molecule has 1 aliphatic heterocycles. The van der Waals surface area contributed by atoms with Crippen molar-refractivity contribution in [3.05, 3.63) is 102 Å². The minimum atomic E-state index is -1.26. The highest BCUT2D eigenvalue weighted by Gasteiger charge is 2.47. The Labute approximate surface area is 318 Å². The van der Waals surface area contributed by atoms with E-state index >= 15 is 0 Å². The van der Waals surface area contributed by atoms with Crippen LogP contribution in [-0.4, -0.2) is 55.9 Å². The molecule has 5 rings (SSSR count). The first-order valence-corrected chi connectivity index (χ1v) is 19.2. The number of carbonyl (C=O) groups excluding carboxylic acids is 4. The molecule has 10 nitrogen and oxygen atoms in total. The van der Waals surface area contributed by atoms with Gasteiger partial charge in [-0.2, -0.15) is 0 Å². The monoisotopic (exact) mass is 740 g/mol. The molecule has 2 fully saturated rings. The van der Waals surface area contributed by atoms with E-state index in [0.29, 0.717) is 35.0 Å². The SMILES string of the molecule is C=C(C)C(=O)OCCCCCC[C@H]1CC[C@H](c2ccc(-c3ccc(C(=O)Oc4ccc(C5O[C@@H](C(=O)OCC)[C@H](C(=O)OCC)O5)cc4)cc3)cc2)CC1. The fourth-order valence-corrected chi connectivity index (χ4v) is 6.97. The van der Waals surface area contributed by atoms with Gasteiger partial charge >= 0.3 is 23.9 Å². The minimum absolute atomic E-state index is 0.125. The van der Waals surface area contributed by atoms with Crippen LogP contribution in [0.3, 0.4) is 0 Å². The number of carbonyl (C=O) groups is 4. The summed E-state index contributed by atoms with van der Waals surface area (Å²) in [5, 5.41) is 0. The lowest BCUT2D eigenvalue weighted by molar-refractivity contribution is -0.163. The van der Waals surface area contributed by atoms with E-state index in [1.165, 1.54) is 50.5 Å². The summed E-state index contributed by atoms with van der Waals surface area (Å²) in [4.78, 5) is 49.2. The Morgan fingerprint density at radius 1 is 0.667 bits per heavy atom. The largest absolute Gasteiger partial charge is 0.464 e. The van der Waals surface area contributed by atoms with Gasteiger partial charge in [0.15, 0.2) is 18.5 Å². The highest BCUT2D eigenvalue weighted by molar-refractivity contribution is 5.91. The van der Waals surface area contributed by atoms with E-state index in [1.54, 1.807) is 57.2 Å². The number of ether oxygens (including phenoxy) is 6. The van der Waals surface area contributed by atoms with Gasteiger partial charge in [0.25, 0.3) is 0 Å². The lowest BCUT2D eigenvalue weighted by Gasteiger charge is -2.29. The van der Waals surface area contributed by atoms with Crippen LogP contribution in [0.4, 0.5) is 0 Å². The Morgan fingerprint density at radius 3 is 1.76 bits per heavy atom. The molecule has 0 spiro atoms. The Hall–Kier alpha value is -4.80. The zero-order chi connectivity index (χ0) is 38.5. The van der Waals surface area contributed by atoms with Gasteiger partial charge in [0.05, 0.1) is 25.4 Å². The number of rotatable bonds is 17. The molecule has 0 radical (unpaired) electrons. The normalized spacial score (nSPS) is 19.8. The summed E-state index contributed by atoms with van der Waals surface area (Å²) in [5.41, 5.74) is 4.88. The van der Waals surface area contributed by atoms with Crippen molar-refractivity contribution in [2.24, 2.45) is 5.92 Å². The van der Waals surface area contributed by atoms with Gasteiger partial charge in [-0.3, -0.25) is 0 Å². The molecule has 0 amide bonds. The molecule has 1 saturated carbocycles. The van der Waals surface area contributed by atoms with E-state index in [-0.39, 0.29) is 19.2 Å². The molecule has 2 aliphatic rings. The molecule has 0 unspecified atom stereocenters. The second-order valence-electron chi connectivity index (χ2n) is 13.9. The first-order chi connectivity index (χ1) is 26.2. The molecule has 3 aromatic rings. The van der Waals surface area contributed by atoms with Crippen LogP contribution in [0.25, 0.3) is 11.1 Å². The van der Waals surface area contributed by atoms with E-state index in [0.717, 1.165) is 29.9 Å². The molecule has 288 valence electrons. The van der Waals surface area contributed by atoms with Gasteiger partial charge in [-0.15, -0.1) is 0 Å². The third-order valence-corrected chi connectivity index (χ3v) is 9.99. The molecule has 0 bridgehead atoms. The van der Waals surface area contributed by atoms with Crippen LogP contribution in [0.2, 0.25) is 0 Å². The van der Waals surface area contributed by atoms with Crippen molar-refractivity contribution >= 4 is 23.9 Å². The van der Waals surface area contributed by atoms with Gasteiger partial charge in [-0.05, 0) is 106 Å². The number of unbranched alkanes of at least 4 members (excludes halogenated alkanes) is 3. The van der Waals surface area contributed by atoms with Crippen molar-refractivity contribution in [3.8, 4) is 16.9 Å². The zero-order valence-corrected chi connectivity index (χ0v) is 31.6. The van der Waals surface area contributed by atoms with Gasteiger partial charge in [0, 0.05) is 11.1 Å². The van der Waals surface area contributed by atoms with E-state index in [4.69, 9.17) is 28.4 Å². The molecular weight excluding hydrogens is 688 g/mol. The van der Waals surface area contributed by atoms with Crippen LogP contribution in [0.15, 0.2) is 84.9 Å². The van der Waals surface area contributed by atoms with Crippen molar-refractivity contribution in [2.75, 3.05) is 19.8 Å².